The number of aromatic nitrogens is 2. The molecule has 1 heterocycles. The van der Waals surface area contributed by atoms with E-state index >= 15 is 0 Å². The van der Waals surface area contributed by atoms with Crippen LogP contribution in [0.3, 0.4) is 0 Å². The van der Waals surface area contributed by atoms with Crippen LogP contribution in [0.15, 0.2) is 46.8 Å². The Morgan fingerprint density at radius 1 is 1.19 bits per heavy atom. The maximum absolute atomic E-state index is 12.5. The largest absolute Gasteiger partial charge is 0.495 e. The van der Waals surface area contributed by atoms with Crippen molar-refractivity contribution in [2.24, 2.45) is 0 Å². The van der Waals surface area contributed by atoms with Gasteiger partial charge in [0.25, 0.3) is 0 Å². The fourth-order valence-corrected chi connectivity index (χ4v) is 4.07. The average molecular weight is 386 g/mol. The lowest BCUT2D eigenvalue weighted by Gasteiger charge is -2.07. The van der Waals surface area contributed by atoms with E-state index in [9.17, 15) is 4.79 Å². The lowest BCUT2D eigenvalue weighted by molar-refractivity contribution is 0.102. The van der Waals surface area contributed by atoms with Crippen LogP contribution in [0.4, 0.5) is 10.8 Å². The highest BCUT2D eigenvalue weighted by Crippen LogP contribution is 2.31. The molecule has 3 aromatic rings. The number of hydrogen-bond acceptors (Lipinski definition) is 7. The summed E-state index contributed by atoms with van der Waals surface area (Å²) in [6, 6.07) is 13.5. The molecule has 0 unspecified atom stereocenters. The Kier molecular flexibility index (Phi) is 5.90. The topological polar surface area (TPSA) is 64.1 Å². The SMILES string of the molecule is COc1ccccc1Nc1nnc(SCC(=O)c2cc(C)ccc2C)s1. The van der Waals surface area contributed by atoms with Crippen molar-refractivity contribution in [3.63, 3.8) is 0 Å². The first-order valence-electron chi connectivity index (χ1n) is 8.03. The number of benzene rings is 2. The first-order chi connectivity index (χ1) is 12.6. The minimum Gasteiger partial charge on any atom is -0.495 e. The number of carbonyl (C=O) groups excluding carboxylic acids is 1. The van der Waals surface area contributed by atoms with Gasteiger partial charge >= 0.3 is 0 Å². The summed E-state index contributed by atoms with van der Waals surface area (Å²) in [6.07, 6.45) is 0. The van der Waals surface area contributed by atoms with Gasteiger partial charge in [0.05, 0.1) is 18.6 Å². The van der Waals surface area contributed by atoms with Crippen molar-refractivity contribution in [3.8, 4) is 5.75 Å². The van der Waals surface area contributed by atoms with E-state index in [1.807, 2.05) is 56.3 Å². The normalized spacial score (nSPS) is 10.6. The van der Waals surface area contributed by atoms with Crippen molar-refractivity contribution in [3.05, 3.63) is 59.2 Å². The fourth-order valence-electron chi connectivity index (χ4n) is 2.42. The Bertz CT molecular complexity index is 925. The Morgan fingerprint density at radius 3 is 2.81 bits per heavy atom. The molecule has 0 aliphatic rings. The van der Waals surface area contributed by atoms with Crippen molar-refractivity contribution in [1.82, 2.24) is 10.2 Å². The summed E-state index contributed by atoms with van der Waals surface area (Å²) in [5.74, 6) is 1.18. The minimum atomic E-state index is 0.102. The molecular weight excluding hydrogens is 366 g/mol. The van der Waals surface area contributed by atoms with Gasteiger partial charge in [0.15, 0.2) is 10.1 Å². The van der Waals surface area contributed by atoms with Gasteiger partial charge in [-0.2, -0.15) is 0 Å². The van der Waals surface area contributed by atoms with Gasteiger partial charge in [0.1, 0.15) is 5.75 Å². The number of methoxy groups -OCH3 is 1. The molecule has 0 aliphatic heterocycles. The summed E-state index contributed by atoms with van der Waals surface area (Å²) < 4.78 is 6.07. The molecule has 0 spiro atoms. The summed E-state index contributed by atoms with van der Waals surface area (Å²) in [6.45, 7) is 3.95. The lowest BCUT2D eigenvalue weighted by Crippen LogP contribution is -2.05. The van der Waals surface area contributed by atoms with E-state index in [2.05, 4.69) is 15.5 Å². The molecule has 2 aromatic carbocycles. The van der Waals surface area contributed by atoms with Crippen molar-refractivity contribution in [2.45, 2.75) is 18.2 Å². The number of nitrogens with one attached hydrogen (secondary N) is 1. The van der Waals surface area contributed by atoms with Crippen molar-refractivity contribution < 1.29 is 9.53 Å². The fraction of sp³-hybridized carbons (Fsp3) is 0.211. The zero-order valence-electron chi connectivity index (χ0n) is 14.8. The van der Waals surface area contributed by atoms with Crippen molar-refractivity contribution in [1.29, 1.82) is 0 Å². The number of hydrogen-bond donors (Lipinski definition) is 1. The van der Waals surface area contributed by atoms with Crippen LogP contribution in [0, 0.1) is 13.8 Å². The van der Waals surface area contributed by atoms with Crippen LogP contribution in [0.25, 0.3) is 0 Å². The molecule has 0 bridgehead atoms. The second-order valence-corrected chi connectivity index (χ2v) is 7.93. The molecule has 1 N–H and O–H groups in total. The molecule has 26 heavy (non-hydrogen) atoms. The molecule has 7 heteroatoms. The first-order valence-corrected chi connectivity index (χ1v) is 9.84. The predicted octanol–water partition coefficient (Wildman–Crippen LogP) is 4.88. The molecule has 0 amide bonds. The molecular formula is C19H19N3O2S2. The van der Waals surface area contributed by atoms with Crippen LogP contribution in [-0.2, 0) is 0 Å². The predicted molar refractivity (Wildman–Crippen MR) is 107 cm³/mol. The third-order valence-corrected chi connectivity index (χ3v) is 5.75. The van der Waals surface area contributed by atoms with Crippen LogP contribution in [-0.4, -0.2) is 28.8 Å². The Balaban J connectivity index is 1.63. The van der Waals surface area contributed by atoms with Crippen LogP contribution in [0.2, 0.25) is 0 Å². The summed E-state index contributed by atoms with van der Waals surface area (Å²) in [5, 5.41) is 12.2. The molecule has 3 rings (SSSR count). The summed E-state index contributed by atoms with van der Waals surface area (Å²) >= 11 is 2.82. The van der Waals surface area contributed by atoms with Crippen LogP contribution in [0.1, 0.15) is 21.5 Å². The number of para-hydroxylation sites is 2. The van der Waals surface area contributed by atoms with E-state index in [1.165, 1.54) is 23.1 Å². The van der Waals surface area contributed by atoms with Crippen LogP contribution >= 0.6 is 23.1 Å². The molecule has 0 atom stereocenters. The van der Waals surface area contributed by atoms with Gasteiger partial charge < -0.3 is 10.1 Å². The number of ether oxygens (including phenoxy) is 1. The van der Waals surface area contributed by atoms with E-state index in [-0.39, 0.29) is 5.78 Å². The highest BCUT2D eigenvalue weighted by Gasteiger charge is 2.13. The number of thioether (sulfide) groups is 1. The lowest BCUT2D eigenvalue weighted by atomic mass is 10.0. The standard InChI is InChI=1S/C19H19N3O2S2/c1-12-8-9-13(2)14(10-12)16(23)11-25-19-22-21-18(26-19)20-15-6-4-5-7-17(15)24-3/h4-10H,11H2,1-3H3,(H,20,21). The monoisotopic (exact) mass is 385 g/mol. The van der Waals surface area contributed by atoms with Gasteiger partial charge in [0, 0.05) is 5.56 Å². The number of anilines is 2. The van der Waals surface area contributed by atoms with Gasteiger partial charge in [-0.3, -0.25) is 4.79 Å². The number of rotatable bonds is 7. The van der Waals surface area contributed by atoms with E-state index in [1.54, 1.807) is 7.11 Å². The Hall–Kier alpha value is -2.38. The van der Waals surface area contributed by atoms with E-state index in [4.69, 9.17) is 4.74 Å². The number of nitrogens with zero attached hydrogens (tertiary/aromatic N) is 2. The molecule has 0 fully saturated rings. The molecule has 1 aromatic heterocycles. The molecule has 0 saturated heterocycles. The molecule has 0 saturated carbocycles. The van der Waals surface area contributed by atoms with E-state index in [0.717, 1.165) is 32.5 Å². The maximum Gasteiger partial charge on any atom is 0.210 e. The van der Waals surface area contributed by atoms with Gasteiger partial charge in [-0.05, 0) is 37.6 Å². The Morgan fingerprint density at radius 2 is 2.00 bits per heavy atom. The third kappa shape index (κ3) is 4.42. The smallest absolute Gasteiger partial charge is 0.210 e. The number of ketones is 1. The number of carbonyl (C=O) groups is 1. The second-order valence-electron chi connectivity index (χ2n) is 5.73. The summed E-state index contributed by atoms with van der Waals surface area (Å²) in [7, 11) is 1.63. The van der Waals surface area contributed by atoms with Gasteiger partial charge in [0.2, 0.25) is 5.13 Å². The number of aryl methyl sites for hydroxylation is 2. The van der Waals surface area contributed by atoms with Gasteiger partial charge in [-0.25, -0.2) is 0 Å². The van der Waals surface area contributed by atoms with Crippen LogP contribution < -0.4 is 10.1 Å². The van der Waals surface area contributed by atoms with Crippen LogP contribution in [0.5, 0.6) is 5.75 Å². The highest BCUT2D eigenvalue weighted by atomic mass is 32.2. The Labute approximate surface area is 160 Å². The minimum absolute atomic E-state index is 0.102. The molecule has 0 aliphatic carbocycles. The van der Waals surface area contributed by atoms with Gasteiger partial charge in [-0.15, -0.1) is 10.2 Å². The molecule has 0 radical (unpaired) electrons. The van der Waals surface area contributed by atoms with E-state index in [0.29, 0.717) is 10.9 Å². The molecule has 134 valence electrons. The maximum atomic E-state index is 12.5. The van der Waals surface area contributed by atoms with Crippen molar-refractivity contribution in [2.75, 3.05) is 18.2 Å². The number of Topliss-reactive ketones (excluding diaryl/α,β-unsaturated/α-hetero) is 1. The van der Waals surface area contributed by atoms with Crippen molar-refractivity contribution >= 4 is 39.7 Å². The average Bonchev–Trinajstić information content (AvgIpc) is 3.09. The highest BCUT2D eigenvalue weighted by molar-refractivity contribution is 8.01. The second kappa shape index (κ2) is 8.33. The zero-order valence-corrected chi connectivity index (χ0v) is 16.4. The molecule has 5 nitrogen and oxygen atoms in total. The first kappa shape index (κ1) is 18.4. The zero-order chi connectivity index (χ0) is 18.5. The summed E-state index contributed by atoms with van der Waals surface area (Å²) in [4.78, 5) is 12.5. The van der Waals surface area contributed by atoms with Gasteiger partial charge in [-0.1, -0.05) is 52.9 Å². The van der Waals surface area contributed by atoms with E-state index < -0.39 is 0 Å². The third-order valence-electron chi connectivity index (χ3n) is 3.78. The summed E-state index contributed by atoms with van der Waals surface area (Å²) in [5.41, 5.74) is 3.68. The quantitative estimate of drug-likeness (QED) is 0.462.